The molecular weight excluding hydrogens is 247 g/mol. The van der Waals surface area contributed by atoms with Gasteiger partial charge in [-0.15, -0.1) is 0 Å². The standard InChI is InChI=1S/C9H11F5N2O/c10-8(11)6-17-5-7-1-3-16(15-7)4-2-9(12,13)14/h1,3,8H,2,4-6H2. The number of ether oxygens (including phenoxy) is 1. The maximum atomic E-state index is 11.9. The molecule has 0 atom stereocenters. The van der Waals surface area contributed by atoms with Crippen molar-refractivity contribution < 1.29 is 26.7 Å². The number of hydrogen-bond donors (Lipinski definition) is 0. The average molecular weight is 258 g/mol. The summed E-state index contributed by atoms with van der Waals surface area (Å²) >= 11 is 0. The average Bonchev–Trinajstić information content (AvgIpc) is 2.61. The van der Waals surface area contributed by atoms with E-state index in [9.17, 15) is 22.0 Å². The molecule has 0 spiro atoms. The lowest BCUT2D eigenvalue weighted by molar-refractivity contribution is -0.137. The fourth-order valence-corrected chi connectivity index (χ4v) is 1.10. The molecule has 0 saturated carbocycles. The Morgan fingerprint density at radius 2 is 2.06 bits per heavy atom. The van der Waals surface area contributed by atoms with Crippen molar-refractivity contribution in [3.8, 4) is 0 Å². The van der Waals surface area contributed by atoms with Crippen molar-refractivity contribution in [2.45, 2.75) is 32.2 Å². The van der Waals surface area contributed by atoms with Crippen LogP contribution < -0.4 is 0 Å². The number of alkyl halides is 5. The molecule has 0 saturated heterocycles. The molecule has 0 N–H and O–H groups in total. The van der Waals surface area contributed by atoms with Gasteiger partial charge in [-0.05, 0) is 6.07 Å². The van der Waals surface area contributed by atoms with Gasteiger partial charge < -0.3 is 4.74 Å². The topological polar surface area (TPSA) is 27.1 Å². The van der Waals surface area contributed by atoms with Crippen molar-refractivity contribution >= 4 is 0 Å². The van der Waals surface area contributed by atoms with Gasteiger partial charge in [0.05, 0.1) is 18.7 Å². The Kier molecular flexibility index (Phi) is 4.86. The zero-order valence-electron chi connectivity index (χ0n) is 8.75. The molecule has 0 aliphatic rings. The third kappa shape index (κ3) is 6.20. The first kappa shape index (κ1) is 13.9. The summed E-state index contributed by atoms with van der Waals surface area (Å²) in [5, 5.41) is 3.76. The van der Waals surface area contributed by atoms with E-state index < -0.39 is 25.6 Å². The van der Waals surface area contributed by atoms with Crippen LogP contribution in [0, 0.1) is 0 Å². The second kappa shape index (κ2) is 5.95. The number of aromatic nitrogens is 2. The van der Waals surface area contributed by atoms with Gasteiger partial charge in [0, 0.05) is 12.7 Å². The normalized spacial score (nSPS) is 12.4. The second-order valence-corrected chi connectivity index (χ2v) is 3.34. The lowest BCUT2D eigenvalue weighted by Crippen LogP contribution is -2.12. The van der Waals surface area contributed by atoms with Crippen LogP contribution in [-0.4, -0.2) is 29.0 Å². The molecule has 0 bridgehead atoms. The number of aryl methyl sites for hydroxylation is 1. The number of nitrogens with zero attached hydrogens (tertiary/aromatic N) is 2. The van der Waals surface area contributed by atoms with Crippen molar-refractivity contribution in [1.82, 2.24) is 9.78 Å². The molecule has 0 aliphatic heterocycles. The molecule has 0 fully saturated rings. The highest BCUT2D eigenvalue weighted by Crippen LogP contribution is 2.20. The van der Waals surface area contributed by atoms with Gasteiger partial charge in [0.1, 0.15) is 6.61 Å². The molecular formula is C9H11F5N2O. The summed E-state index contributed by atoms with van der Waals surface area (Å²) in [7, 11) is 0. The molecule has 98 valence electrons. The van der Waals surface area contributed by atoms with Gasteiger partial charge in [0.15, 0.2) is 0 Å². The summed E-state index contributed by atoms with van der Waals surface area (Å²) in [5.74, 6) is 0. The lowest BCUT2D eigenvalue weighted by Gasteiger charge is -2.05. The van der Waals surface area contributed by atoms with Crippen LogP contribution in [0.4, 0.5) is 22.0 Å². The Labute approximate surface area is 94.2 Å². The summed E-state index contributed by atoms with van der Waals surface area (Å²) in [6, 6.07) is 1.43. The van der Waals surface area contributed by atoms with Crippen molar-refractivity contribution in [2.75, 3.05) is 6.61 Å². The SMILES string of the molecule is FC(F)COCc1ccn(CCC(F)(F)F)n1. The molecule has 0 amide bonds. The minimum Gasteiger partial charge on any atom is -0.369 e. The van der Waals surface area contributed by atoms with E-state index in [1.807, 2.05) is 0 Å². The first-order valence-electron chi connectivity index (χ1n) is 4.82. The van der Waals surface area contributed by atoms with E-state index in [0.29, 0.717) is 5.69 Å². The van der Waals surface area contributed by atoms with Gasteiger partial charge in [-0.25, -0.2) is 8.78 Å². The van der Waals surface area contributed by atoms with Crippen molar-refractivity contribution in [3.05, 3.63) is 18.0 Å². The molecule has 0 radical (unpaired) electrons. The van der Waals surface area contributed by atoms with Gasteiger partial charge in [0.25, 0.3) is 6.43 Å². The molecule has 0 aromatic carbocycles. The molecule has 1 rings (SSSR count). The van der Waals surface area contributed by atoms with Crippen LogP contribution in [0.15, 0.2) is 12.3 Å². The lowest BCUT2D eigenvalue weighted by atomic mass is 10.4. The fourth-order valence-electron chi connectivity index (χ4n) is 1.10. The maximum absolute atomic E-state index is 11.9. The zero-order chi connectivity index (χ0) is 12.9. The van der Waals surface area contributed by atoms with E-state index in [-0.39, 0.29) is 13.2 Å². The van der Waals surface area contributed by atoms with Crippen LogP contribution >= 0.6 is 0 Å². The molecule has 8 heteroatoms. The summed E-state index contributed by atoms with van der Waals surface area (Å²) in [6.45, 7) is -1.14. The predicted octanol–water partition coefficient (Wildman–Crippen LogP) is 2.62. The highest BCUT2D eigenvalue weighted by atomic mass is 19.4. The van der Waals surface area contributed by atoms with Crippen molar-refractivity contribution in [3.63, 3.8) is 0 Å². The van der Waals surface area contributed by atoms with Gasteiger partial charge in [-0.1, -0.05) is 0 Å². The smallest absolute Gasteiger partial charge is 0.369 e. The number of halogens is 5. The van der Waals surface area contributed by atoms with Gasteiger partial charge in [-0.2, -0.15) is 18.3 Å². The van der Waals surface area contributed by atoms with E-state index in [1.165, 1.54) is 12.3 Å². The van der Waals surface area contributed by atoms with E-state index >= 15 is 0 Å². The van der Waals surface area contributed by atoms with Gasteiger partial charge >= 0.3 is 6.18 Å². The highest BCUT2D eigenvalue weighted by Gasteiger charge is 2.26. The summed E-state index contributed by atoms with van der Waals surface area (Å²) in [4.78, 5) is 0. The molecule has 1 aromatic rings. The molecule has 0 unspecified atom stereocenters. The summed E-state index contributed by atoms with van der Waals surface area (Å²) in [6.07, 6.45) is -6.43. The Hall–Kier alpha value is -1.18. The minimum atomic E-state index is -4.24. The minimum absolute atomic E-state index is 0.136. The summed E-state index contributed by atoms with van der Waals surface area (Å²) in [5.41, 5.74) is 0.327. The van der Waals surface area contributed by atoms with E-state index in [1.54, 1.807) is 0 Å². The van der Waals surface area contributed by atoms with Crippen LogP contribution in [0.2, 0.25) is 0 Å². The van der Waals surface area contributed by atoms with E-state index in [0.717, 1.165) is 4.68 Å². The van der Waals surface area contributed by atoms with Gasteiger partial charge in [-0.3, -0.25) is 4.68 Å². The quantitative estimate of drug-likeness (QED) is 0.733. The van der Waals surface area contributed by atoms with Crippen LogP contribution in [-0.2, 0) is 17.9 Å². The molecule has 0 aliphatic carbocycles. The molecule has 1 heterocycles. The van der Waals surface area contributed by atoms with Crippen molar-refractivity contribution in [1.29, 1.82) is 0 Å². The van der Waals surface area contributed by atoms with Crippen molar-refractivity contribution in [2.24, 2.45) is 0 Å². The third-order valence-corrected chi connectivity index (χ3v) is 1.81. The van der Waals surface area contributed by atoms with E-state index in [4.69, 9.17) is 0 Å². The second-order valence-electron chi connectivity index (χ2n) is 3.34. The Morgan fingerprint density at radius 3 is 2.65 bits per heavy atom. The van der Waals surface area contributed by atoms with Crippen LogP contribution in [0.25, 0.3) is 0 Å². The Morgan fingerprint density at radius 1 is 1.35 bits per heavy atom. The molecule has 1 aromatic heterocycles. The fraction of sp³-hybridized carbons (Fsp3) is 0.667. The number of hydrogen-bond acceptors (Lipinski definition) is 2. The monoisotopic (exact) mass is 258 g/mol. The highest BCUT2D eigenvalue weighted by molar-refractivity contribution is 4.97. The largest absolute Gasteiger partial charge is 0.390 e. The Balaban J connectivity index is 2.32. The molecule has 17 heavy (non-hydrogen) atoms. The first-order valence-corrected chi connectivity index (χ1v) is 4.82. The van der Waals surface area contributed by atoms with Crippen LogP contribution in [0.5, 0.6) is 0 Å². The first-order chi connectivity index (χ1) is 7.87. The van der Waals surface area contributed by atoms with Crippen LogP contribution in [0.1, 0.15) is 12.1 Å². The van der Waals surface area contributed by atoms with Gasteiger partial charge in [0.2, 0.25) is 0 Å². The third-order valence-electron chi connectivity index (χ3n) is 1.81. The Bertz CT molecular complexity index is 336. The van der Waals surface area contributed by atoms with Crippen LogP contribution in [0.3, 0.4) is 0 Å². The predicted molar refractivity (Wildman–Crippen MR) is 48.6 cm³/mol. The molecule has 3 nitrogen and oxygen atoms in total. The number of rotatable bonds is 6. The maximum Gasteiger partial charge on any atom is 0.390 e. The summed E-state index contributed by atoms with van der Waals surface area (Å²) < 4.78 is 64.8. The zero-order valence-corrected chi connectivity index (χ0v) is 8.75. The van der Waals surface area contributed by atoms with E-state index in [2.05, 4.69) is 9.84 Å².